The van der Waals surface area contributed by atoms with Gasteiger partial charge in [0.2, 0.25) is 10.0 Å². The van der Waals surface area contributed by atoms with Crippen molar-refractivity contribution in [2.45, 2.75) is 30.2 Å². The lowest BCUT2D eigenvalue weighted by Crippen LogP contribution is -2.31. The van der Waals surface area contributed by atoms with Crippen LogP contribution in [-0.4, -0.2) is 39.6 Å². The van der Waals surface area contributed by atoms with Crippen molar-refractivity contribution in [3.63, 3.8) is 0 Å². The summed E-state index contributed by atoms with van der Waals surface area (Å²) in [4.78, 5) is 9.99. The largest absolute Gasteiger partial charge is 0.497 e. The Bertz CT molecular complexity index is 647. The normalized spacial score (nSPS) is 17.5. The molecule has 1 heterocycles. The van der Waals surface area contributed by atoms with E-state index in [0.717, 1.165) is 25.5 Å². The van der Waals surface area contributed by atoms with Gasteiger partial charge in [0.25, 0.3) is 5.69 Å². The molecule has 0 spiro atoms. The number of hydrogen-bond acceptors (Lipinski definition) is 6. The van der Waals surface area contributed by atoms with Crippen LogP contribution in [-0.2, 0) is 10.0 Å². The number of sulfonamides is 1. The fourth-order valence-electron chi connectivity index (χ4n) is 2.44. The molecule has 0 saturated carbocycles. The molecule has 130 valence electrons. The molecule has 0 aromatic heterocycles. The summed E-state index contributed by atoms with van der Waals surface area (Å²) in [5, 5.41) is 14.3. The quantitative estimate of drug-likeness (QED) is 0.558. The number of methoxy groups -OCH3 is 1. The Morgan fingerprint density at radius 3 is 2.78 bits per heavy atom. The van der Waals surface area contributed by atoms with E-state index >= 15 is 0 Å². The van der Waals surface area contributed by atoms with Crippen molar-refractivity contribution in [1.82, 2.24) is 10.0 Å². The summed E-state index contributed by atoms with van der Waals surface area (Å²) in [7, 11) is -2.57. The third-order valence-corrected chi connectivity index (χ3v) is 5.11. The topological polar surface area (TPSA) is 111 Å². The van der Waals surface area contributed by atoms with Gasteiger partial charge in [0.05, 0.1) is 18.1 Å². The minimum absolute atomic E-state index is 0. The molecule has 2 N–H and O–H groups in total. The summed E-state index contributed by atoms with van der Waals surface area (Å²) in [5.41, 5.74) is -0.495. The van der Waals surface area contributed by atoms with Crippen LogP contribution in [0.15, 0.2) is 23.1 Å². The van der Waals surface area contributed by atoms with E-state index < -0.39 is 20.6 Å². The third-order valence-electron chi connectivity index (χ3n) is 3.60. The molecule has 1 aliphatic rings. The van der Waals surface area contributed by atoms with Crippen LogP contribution in [0, 0.1) is 10.1 Å². The minimum atomic E-state index is -3.93. The zero-order valence-electron chi connectivity index (χ0n) is 12.6. The molecule has 0 amide bonds. The van der Waals surface area contributed by atoms with Crippen molar-refractivity contribution in [1.29, 1.82) is 0 Å². The van der Waals surface area contributed by atoms with Crippen molar-refractivity contribution in [3.8, 4) is 5.75 Å². The maximum atomic E-state index is 12.3. The molecule has 1 fully saturated rings. The number of benzene rings is 1. The third kappa shape index (κ3) is 5.03. The van der Waals surface area contributed by atoms with Gasteiger partial charge in [-0.05, 0) is 37.9 Å². The second kappa shape index (κ2) is 8.44. The van der Waals surface area contributed by atoms with Gasteiger partial charge in [-0.2, -0.15) is 0 Å². The molecule has 23 heavy (non-hydrogen) atoms. The number of nitrogens with zero attached hydrogens (tertiary/aromatic N) is 1. The fraction of sp³-hybridized carbons (Fsp3) is 0.538. The van der Waals surface area contributed by atoms with Crippen LogP contribution >= 0.6 is 12.4 Å². The van der Waals surface area contributed by atoms with Crippen LogP contribution in [0.1, 0.15) is 19.3 Å². The highest BCUT2D eigenvalue weighted by molar-refractivity contribution is 7.89. The van der Waals surface area contributed by atoms with Gasteiger partial charge >= 0.3 is 0 Å². The smallest absolute Gasteiger partial charge is 0.293 e. The summed E-state index contributed by atoms with van der Waals surface area (Å²) < 4.78 is 31.8. The molecule has 0 radical (unpaired) electrons. The maximum Gasteiger partial charge on any atom is 0.293 e. The first-order chi connectivity index (χ1) is 10.4. The number of hydrogen-bond donors (Lipinski definition) is 2. The second-order valence-corrected chi connectivity index (χ2v) is 6.81. The van der Waals surface area contributed by atoms with Crippen LogP contribution in [0.25, 0.3) is 0 Å². The van der Waals surface area contributed by atoms with Gasteiger partial charge in [-0.1, -0.05) is 0 Å². The standard InChI is InChI=1S/C13H19N3O5S.ClH/c1-21-11-4-5-13(12(9-11)16(17)18)22(19,20)15-8-6-10-3-2-7-14-10;/h4-5,9-10,14-15H,2-3,6-8H2,1H3;1H/t10-;/m1./s1. The van der Waals surface area contributed by atoms with Crippen LogP contribution < -0.4 is 14.8 Å². The number of nitro benzene ring substituents is 1. The first kappa shape index (κ1) is 19.6. The molecule has 0 bridgehead atoms. The van der Waals surface area contributed by atoms with Crippen molar-refractivity contribution in [2.75, 3.05) is 20.2 Å². The van der Waals surface area contributed by atoms with Gasteiger partial charge in [0, 0.05) is 12.6 Å². The lowest BCUT2D eigenvalue weighted by Gasteiger charge is -2.11. The van der Waals surface area contributed by atoms with Gasteiger partial charge in [0.1, 0.15) is 5.75 Å². The minimum Gasteiger partial charge on any atom is -0.497 e. The predicted octanol–water partition coefficient (Wildman–Crippen LogP) is 1.45. The highest BCUT2D eigenvalue weighted by Crippen LogP contribution is 2.28. The monoisotopic (exact) mass is 365 g/mol. The lowest BCUT2D eigenvalue weighted by atomic mass is 10.2. The van der Waals surface area contributed by atoms with Gasteiger partial charge in [-0.3, -0.25) is 10.1 Å². The molecule has 8 nitrogen and oxygen atoms in total. The molecular formula is C13H20ClN3O5S. The van der Waals surface area contributed by atoms with Crippen LogP contribution in [0.5, 0.6) is 5.75 Å². The van der Waals surface area contributed by atoms with E-state index in [4.69, 9.17) is 4.74 Å². The van der Waals surface area contributed by atoms with Gasteiger partial charge < -0.3 is 10.1 Å². The zero-order valence-corrected chi connectivity index (χ0v) is 14.3. The summed E-state index contributed by atoms with van der Waals surface area (Å²) in [5.74, 6) is 0.237. The van der Waals surface area contributed by atoms with E-state index in [9.17, 15) is 18.5 Å². The summed E-state index contributed by atoms with van der Waals surface area (Å²) in [6, 6.07) is 3.98. The van der Waals surface area contributed by atoms with Crippen LogP contribution in [0.3, 0.4) is 0 Å². The van der Waals surface area contributed by atoms with Crippen molar-refractivity contribution < 1.29 is 18.1 Å². The van der Waals surface area contributed by atoms with Crippen molar-refractivity contribution in [3.05, 3.63) is 28.3 Å². The first-order valence-corrected chi connectivity index (χ1v) is 8.48. The Labute approximate surface area is 141 Å². The summed E-state index contributed by atoms with van der Waals surface area (Å²) in [6.45, 7) is 1.19. The van der Waals surface area contributed by atoms with E-state index in [-0.39, 0.29) is 29.6 Å². The summed E-state index contributed by atoms with van der Waals surface area (Å²) >= 11 is 0. The van der Waals surface area contributed by atoms with E-state index in [1.54, 1.807) is 0 Å². The molecular weight excluding hydrogens is 346 g/mol. The maximum absolute atomic E-state index is 12.3. The van der Waals surface area contributed by atoms with E-state index in [1.807, 2.05) is 0 Å². The highest BCUT2D eigenvalue weighted by Gasteiger charge is 2.26. The SMILES string of the molecule is COc1ccc(S(=O)(=O)NCC[C@H]2CCCN2)c([N+](=O)[O-])c1.Cl. The molecule has 1 aliphatic heterocycles. The Hall–Kier alpha value is -1.42. The van der Waals surface area contributed by atoms with E-state index in [0.29, 0.717) is 12.5 Å². The molecule has 0 aliphatic carbocycles. The van der Waals surface area contributed by atoms with Crippen molar-refractivity contribution in [2.24, 2.45) is 0 Å². The average molecular weight is 366 g/mol. The molecule has 1 aromatic carbocycles. The molecule has 1 aromatic rings. The van der Waals surface area contributed by atoms with Crippen LogP contribution in [0.2, 0.25) is 0 Å². The Morgan fingerprint density at radius 2 is 2.22 bits per heavy atom. The Morgan fingerprint density at radius 1 is 1.48 bits per heavy atom. The molecule has 1 saturated heterocycles. The number of nitrogens with one attached hydrogen (secondary N) is 2. The zero-order chi connectivity index (χ0) is 16.2. The number of ether oxygens (including phenoxy) is 1. The second-order valence-electron chi connectivity index (χ2n) is 5.07. The van der Waals surface area contributed by atoms with Crippen molar-refractivity contribution >= 4 is 28.1 Å². The average Bonchev–Trinajstić information content (AvgIpc) is 2.99. The highest BCUT2D eigenvalue weighted by atomic mass is 35.5. The van der Waals surface area contributed by atoms with Gasteiger partial charge in [-0.25, -0.2) is 13.1 Å². The first-order valence-electron chi connectivity index (χ1n) is 6.99. The molecule has 2 rings (SSSR count). The predicted molar refractivity (Wildman–Crippen MR) is 87.7 cm³/mol. The summed E-state index contributed by atoms with van der Waals surface area (Å²) in [6.07, 6.45) is 2.76. The Kier molecular flexibility index (Phi) is 7.20. The lowest BCUT2D eigenvalue weighted by molar-refractivity contribution is -0.387. The van der Waals surface area contributed by atoms with Gasteiger partial charge in [0.15, 0.2) is 4.90 Å². The molecule has 1 atom stereocenters. The number of nitro groups is 1. The van der Waals surface area contributed by atoms with E-state index in [2.05, 4.69) is 10.0 Å². The van der Waals surface area contributed by atoms with Gasteiger partial charge in [-0.15, -0.1) is 12.4 Å². The van der Waals surface area contributed by atoms with E-state index in [1.165, 1.54) is 19.2 Å². The number of rotatable bonds is 7. The molecule has 10 heteroatoms. The van der Waals surface area contributed by atoms with Crippen LogP contribution in [0.4, 0.5) is 5.69 Å². The Balaban J connectivity index is 0.00000264. The molecule has 0 unspecified atom stereocenters. The number of halogens is 1. The fourth-order valence-corrected chi connectivity index (χ4v) is 3.64.